The van der Waals surface area contributed by atoms with Crippen molar-refractivity contribution in [3.05, 3.63) is 41.5 Å². The van der Waals surface area contributed by atoms with Gasteiger partial charge in [-0.05, 0) is 30.5 Å². The van der Waals surface area contributed by atoms with E-state index in [0.29, 0.717) is 13.2 Å². The number of hydrogen-bond donors (Lipinski definition) is 3. The van der Waals surface area contributed by atoms with Gasteiger partial charge in [-0.1, -0.05) is 13.0 Å². The first-order valence-electron chi connectivity index (χ1n) is 9.06. The van der Waals surface area contributed by atoms with E-state index in [-0.39, 0.29) is 11.9 Å². The molecule has 0 aliphatic carbocycles. The lowest BCUT2D eigenvalue weighted by molar-refractivity contribution is -0.123. The Bertz CT molecular complexity index is 744. The number of carbonyl (C=O) groups is 1. The third kappa shape index (κ3) is 4.16. The minimum absolute atomic E-state index is 0.0482. The zero-order valence-corrected chi connectivity index (χ0v) is 15.3. The SMILES string of the molecule is CCCOc1ccc(CCNC(=O)[C@H]2NCCc3[nH]cnc32)cc1OC. The minimum atomic E-state index is -0.385. The molecule has 1 atom stereocenters. The second-order valence-corrected chi connectivity index (χ2v) is 6.28. The third-order valence-electron chi connectivity index (χ3n) is 4.41. The molecule has 3 N–H and O–H groups in total. The van der Waals surface area contributed by atoms with Gasteiger partial charge in [-0.15, -0.1) is 0 Å². The molecule has 3 rings (SSSR count). The van der Waals surface area contributed by atoms with Crippen molar-refractivity contribution in [2.24, 2.45) is 0 Å². The first kappa shape index (κ1) is 18.3. The Kier molecular flexibility index (Phi) is 6.12. The number of imidazole rings is 1. The van der Waals surface area contributed by atoms with Gasteiger partial charge in [-0.3, -0.25) is 4.79 Å². The molecule has 1 aromatic carbocycles. The van der Waals surface area contributed by atoms with E-state index < -0.39 is 0 Å². The van der Waals surface area contributed by atoms with Crippen molar-refractivity contribution in [3.63, 3.8) is 0 Å². The summed E-state index contributed by atoms with van der Waals surface area (Å²) in [6.07, 6.45) is 4.18. The maximum absolute atomic E-state index is 12.5. The van der Waals surface area contributed by atoms with Crippen LogP contribution in [0.5, 0.6) is 11.5 Å². The number of nitrogens with one attached hydrogen (secondary N) is 3. The molecule has 0 saturated carbocycles. The van der Waals surface area contributed by atoms with Gasteiger partial charge in [-0.2, -0.15) is 0 Å². The van der Waals surface area contributed by atoms with Gasteiger partial charge in [0, 0.05) is 25.2 Å². The summed E-state index contributed by atoms with van der Waals surface area (Å²) in [7, 11) is 1.63. The van der Waals surface area contributed by atoms with E-state index >= 15 is 0 Å². The standard InChI is InChI=1S/C19H26N4O3/c1-3-10-26-15-5-4-13(11-16(15)25-2)6-8-21-19(24)18-17-14(7-9-20-18)22-12-23-17/h4-5,11-12,18,20H,3,6-10H2,1-2H3,(H,21,24)(H,22,23)/t18-/m0/s1. The molecule has 26 heavy (non-hydrogen) atoms. The Balaban J connectivity index is 1.54. The van der Waals surface area contributed by atoms with Crippen LogP contribution in [0.2, 0.25) is 0 Å². The molecule has 0 bridgehead atoms. The van der Waals surface area contributed by atoms with E-state index in [4.69, 9.17) is 9.47 Å². The monoisotopic (exact) mass is 358 g/mol. The Morgan fingerprint density at radius 1 is 1.38 bits per heavy atom. The summed E-state index contributed by atoms with van der Waals surface area (Å²) in [6, 6.07) is 5.50. The van der Waals surface area contributed by atoms with E-state index in [2.05, 4.69) is 27.5 Å². The Labute approximate surface area is 153 Å². The van der Waals surface area contributed by atoms with Gasteiger partial charge in [0.15, 0.2) is 11.5 Å². The third-order valence-corrected chi connectivity index (χ3v) is 4.41. The van der Waals surface area contributed by atoms with Crippen molar-refractivity contribution in [3.8, 4) is 11.5 Å². The largest absolute Gasteiger partial charge is 0.493 e. The predicted molar refractivity (Wildman–Crippen MR) is 98.5 cm³/mol. The number of nitrogens with zero attached hydrogens (tertiary/aromatic N) is 1. The number of benzene rings is 1. The van der Waals surface area contributed by atoms with Crippen molar-refractivity contribution in [2.45, 2.75) is 32.2 Å². The molecule has 2 heterocycles. The number of fused-ring (bicyclic) bond motifs is 1. The van der Waals surface area contributed by atoms with Crippen molar-refractivity contribution in [1.82, 2.24) is 20.6 Å². The van der Waals surface area contributed by atoms with Gasteiger partial charge in [0.25, 0.3) is 0 Å². The lowest BCUT2D eigenvalue weighted by Crippen LogP contribution is -2.42. The van der Waals surface area contributed by atoms with Gasteiger partial charge in [0.1, 0.15) is 6.04 Å². The van der Waals surface area contributed by atoms with Crippen LogP contribution in [0.15, 0.2) is 24.5 Å². The van der Waals surface area contributed by atoms with Crippen LogP contribution in [0.4, 0.5) is 0 Å². The Hall–Kier alpha value is -2.54. The summed E-state index contributed by atoms with van der Waals surface area (Å²) in [4.78, 5) is 19.8. The average Bonchev–Trinajstić information content (AvgIpc) is 3.15. The fraction of sp³-hybridized carbons (Fsp3) is 0.474. The van der Waals surface area contributed by atoms with Crippen molar-refractivity contribution in [2.75, 3.05) is 26.8 Å². The molecule has 7 nitrogen and oxygen atoms in total. The van der Waals surface area contributed by atoms with E-state index in [1.54, 1.807) is 13.4 Å². The zero-order valence-electron chi connectivity index (χ0n) is 15.3. The van der Waals surface area contributed by atoms with Crippen LogP contribution in [0, 0.1) is 0 Å². The number of rotatable bonds is 8. The zero-order chi connectivity index (χ0) is 18.4. The summed E-state index contributed by atoms with van der Waals surface area (Å²) in [6.45, 7) is 4.05. The number of aromatic nitrogens is 2. The second-order valence-electron chi connectivity index (χ2n) is 6.28. The quantitative estimate of drug-likeness (QED) is 0.669. The number of ether oxygens (including phenoxy) is 2. The fourth-order valence-corrected chi connectivity index (χ4v) is 3.07. The van der Waals surface area contributed by atoms with Crippen molar-refractivity contribution in [1.29, 1.82) is 0 Å². The first-order chi connectivity index (χ1) is 12.7. The molecule has 1 aliphatic rings. The summed E-state index contributed by atoms with van der Waals surface area (Å²) in [5, 5.41) is 6.21. The molecule has 1 aromatic heterocycles. The highest BCUT2D eigenvalue weighted by molar-refractivity contribution is 5.83. The Morgan fingerprint density at radius 2 is 2.27 bits per heavy atom. The van der Waals surface area contributed by atoms with E-state index in [1.807, 2.05) is 18.2 Å². The number of methoxy groups -OCH3 is 1. The highest BCUT2D eigenvalue weighted by Crippen LogP contribution is 2.28. The number of amides is 1. The van der Waals surface area contributed by atoms with Crippen LogP contribution in [0.25, 0.3) is 0 Å². The van der Waals surface area contributed by atoms with Gasteiger partial charge < -0.3 is 25.1 Å². The molecule has 0 unspecified atom stereocenters. The molecule has 140 valence electrons. The number of hydrogen-bond acceptors (Lipinski definition) is 5. The van der Waals surface area contributed by atoms with E-state index in [9.17, 15) is 4.79 Å². The molecule has 2 aromatic rings. The average molecular weight is 358 g/mol. The van der Waals surface area contributed by atoms with E-state index in [1.165, 1.54) is 0 Å². The maximum atomic E-state index is 12.5. The maximum Gasteiger partial charge on any atom is 0.243 e. The lowest BCUT2D eigenvalue weighted by Gasteiger charge is -2.22. The van der Waals surface area contributed by atoms with Gasteiger partial charge in [0.2, 0.25) is 5.91 Å². The van der Waals surface area contributed by atoms with Crippen molar-refractivity contribution >= 4 is 5.91 Å². The van der Waals surface area contributed by atoms with Crippen LogP contribution in [0.3, 0.4) is 0 Å². The van der Waals surface area contributed by atoms with Crippen molar-refractivity contribution < 1.29 is 14.3 Å². The molecule has 0 spiro atoms. The van der Waals surface area contributed by atoms with Gasteiger partial charge >= 0.3 is 0 Å². The second kappa shape index (κ2) is 8.71. The first-order valence-corrected chi connectivity index (χ1v) is 9.06. The van der Waals surface area contributed by atoms with Gasteiger partial charge in [0.05, 0.1) is 25.7 Å². The van der Waals surface area contributed by atoms with E-state index in [0.717, 1.165) is 54.3 Å². The summed E-state index contributed by atoms with van der Waals surface area (Å²) in [5.41, 5.74) is 2.92. The van der Waals surface area contributed by atoms with Crippen LogP contribution < -0.4 is 20.1 Å². The number of H-pyrrole nitrogens is 1. The molecule has 7 heteroatoms. The summed E-state index contributed by atoms with van der Waals surface area (Å²) in [5.74, 6) is 1.42. The Morgan fingerprint density at radius 3 is 3.08 bits per heavy atom. The van der Waals surface area contributed by atoms with Crippen LogP contribution in [-0.2, 0) is 17.6 Å². The molecular weight excluding hydrogens is 332 g/mol. The highest BCUT2D eigenvalue weighted by Gasteiger charge is 2.27. The predicted octanol–water partition coefficient (Wildman–Crippen LogP) is 1.75. The summed E-state index contributed by atoms with van der Waals surface area (Å²) < 4.78 is 11.1. The lowest BCUT2D eigenvalue weighted by atomic mass is 10.0. The van der Waals surface area contributed by atoms with Crippen LogP contribution in [0.1, 0.15) is 36.3 Å². The topological polar surface area (TPSA) is 88.3 Å². The summed E-state index contributed by atoms with van der Waals surface area (Å²) >= 11 is 0. The molecule has 0 radical (unpaired) electrons. The smallest absolute Gasteiger partial charge is 0.243 e. The highest BCUT2D eigenvalue weighted by atomic mass is 16.5. The fourth-order valence-electron chi connectivity index (χ4n) is 3.07. The normalized spacial score (nSPS) is 16.0. The number of carbonyl (C=O) groups excluding carboxylic acids is 1. The van der Waals surface area contributed by atoms with Crippen LogP contribution >= 0.6 is 0 Å². The minimum Gasteiger partial charge on any atom is -0.493 e. The molecule has 1 aliphatic heterocycles. The molecule has 0 saturated heterocycles. The van der Waals surface area contributed by atoms with Crippen LogP contribution in [-0.4, -0.2) is 42.7 Å². The molecule has 0 fully saturated rings. The number of aromatic amines is 1. The molecule has 1 amide bonds. The van der Waals surface area contributed by atoms with Gasteiger partial charge in [-0.25, -0.2) is 4.98 Å². The molecular formula is C19H26N4O3.